The molecule has 0 aliphatic carbocycles. The Balaban J connectivity index is 1.83. The van der Waals surface area contributed by atoms with E-state index in [2.05, 4.69) is 5.32 Å². The molecule has 1 aliphatic heterocycles. The van der Waals surface area contributed by atoms with Gasteiger partial charge in [0.05, 0.1) is 17.9 Å². The summed E-state index contributed by atoms with van der Waals surface area (Å²) in [4.78, 5) is 13.2. The first-order chi connectivity index (χ1) is 15.9. The van der Waals surface area contributed by atoms with Crippen LogP contribution in [0.2, 0.25) is 0 Å². The van der Waals surface area contributed by atoms with Gasteiger partial charge in [-0.2, -0.15) is 4.31 Å². The van der Waals surface area contributed by atoms with E-state index in [1.165, 1.54) is 37.6 Å². The summed E-state index contributed by atoms with van der Waals surface area (Å²) in [6.07, 6.45) is 1.05. The minimum absolute atomic E-state index is 0.0278. The fourth-order valence-electron chi connectivity index (χ4n) is 3.84. The van der Waals surface area contributed by atoms with Gasteiger partial charge in [0.15, 0.2) is 0 Å². The molecule has 1 atom stereocenters. The number of ether oxygens (including phenoxy) is 1. The maximum absolute atomic E-state index is 13.4. The highest BCUT2D eigenvalue weighted by Crippen LogP contribution is 2.31. The SMILES string of the molecule is COc1ccc(C)cc1S(=O)(=O)N1CCCC(C(=O)Nc2cc(S(=O)(=O)N(C)C)ccc2C)C1. The quantitative estimate of drug-likeness (QED) is 0.614. The first kappa shape index (κ1) is 26.1. The van der Waals surface area contributed by atoms with Crippen LogP contribution in [-0.4, -0.2) is 65.6 Å². The third kappa shape index (κ3) is 5.27. The Morgan fingerprint density at radius 1 is 1.09 bits per heavy atom. The molecule has 1 N–H and O–H groups in total. The van der Waals surface area contributed by atoms with Crippen LogP contribution in [0.15, 0.2) is 46.2 Å². The molecule has 2 aromatic rings. The predicted octanol–water partition coefficient (Wildman–Crippen LogP) is 2.60. The number of aryl methyl sites for hydroxylation is 2. The van der Waals surface area contributed by atoms with Crippen molar-refractivity contribution in [3.8, 4) is 5.75 Å². The van der Waals surface area contributed by atoms with Crippen LogP contribution in [0.5, 0.6) is 5.75 Å². The molecule has 34 heavy (non-hydrogen) atoms. The third-order valence-corrected chi connectivity index (χ3v) is 9.63. The topological polar surface area (TPSA) is 113 Å². The molecule has 1 amide bonds. The fraction of sp³-hybridized carbons (Fsp3) is 0.435. The molecule has 0 radical (unpaired) electrons. The molecule has 0 aromatic heterocycles. The van der Waals surface area contributed by atoms with Gasteiger partial charge in [0.25, 0.3) is 0 Å². The first-order valence-corrected chi connectivity index (χ1v) is 13.7. The Labute approximate surface area is 201 Å². The minimum Gasteiger partial charge on any atom is -0.495 e. The lowest BCUT2D eigenvalue weighted by molar-refractivity contribution is -0.120. The molecule has 11 heteroatoms. The van der Waals surface area contributed by atoms with Gasteiger partial charge in [-0.05, 0) is 62.1 Å². The molecule has 1 aliphatic rings. The van der Waals surface area contributed by atoms with Crippen molar-refractivity contribution in [2.45, 2.75) is 36.5 Å². The molecular formula is C23H31N3O6S2. The normalized spacial score (nSPS) is 17.5. The number of anilines is 1. The molecule has 0 saturated carbocycles. The van der Waals surface area contributed by atoms with Crippen LogP contribution in [0.4, 0.5) is 5.69 Å². The summed E-state index contributed by atoms with van der Waals surface area (Å²) in [6, 6.07) is 9.51. The van der Waals surface area contributed by atoms with Crippen LogP contribution in [0.3, 0.4) is 0 Å². The van der Waals surface area contributed by atoms with Crippen molar-refractivity contribution in [1.29, 1.82) is 0 Å². The summed E-state index contributed by atoms with van der Waals surface area (Å²) < 4.78 is 59.4. The van der Waals surface area contributed by atoms with Gasteiger partial charge < -0.3 is 10.1 Å². The van der Waals surface area contributed by atoms with Crippen molar-refractivity contribution in [2.75, 3.05) is 39.6 Å². The average molecular weight is 510 g/mol. The van der Waals surface area contributed by atoms with Gasteiger partial charge in [0.2, 0.25) is 26.0 Å². The van der Waals surface area contributed by atoms with Crippen LogP contribution in [-0.2, 0) is 24.8 Å². The zero-order valence-corrected chi connectivity index (χ0v) is 21.7. The fourth-order valence-corrected chi connectivity index (χ4v) is 6.53. The number of rotatable bonds is 7. The Morgan fingerprint density at radius 3 is 2.44 bits per heavy atom. The van der Waals surface area contributed by atoms with E-state index >= 15 is 0 Å². The number of hydrogen-bond acceptors (Lipinski definition) is 6. The summed E-state index contributed by atoms with van der Waals surface area (Å²) >= 11 is 0. The van der Waals surface area contributed by atoms with Gasteiger partial charge in [-0.3, -0.25) is 4.79 Å². The van der Waals surface area contributed by atoms with Gasteiger partial charge in [-0.25, -0.2) is 21.1 Å². The Bertz CT molecular complexity index is 1290. The monoisotopic (exact) mass is 509 g/mol. The van der Waals surface area contributed by atoms with Crippen molar-refractivity contribution in [3.63, 3.8) is 0 Å². The lowest BCUT2D eigenvalue weighted by Crippen LogP contribution is -2.43. The van der Waals surface area contributed by atoms with E-state index in [0.29, 0.717) is 30.6 Å². The highest BCUT2D eigenvalue weighted by Gasteiger charge is 2.35. The van der Waals surface area contributed by atoms with E-state index in [-0.39, 0.29) is 28.0 Å². The molecule has 0 bridgehead atoms. The Kier molecular flexibility index (Phi) is 7.71. The first-order valence-electron chi connectivity index (χ1n) is 10.9. The summed E-state index contributed by atoms with van der Waals surface area (Å²) in [5.74, 6) is -0.668. The van der Waals surface area contributed by atoms with E-state index < -0.39 is 26.0 Å². The van der Waals surface area contributed by atoms with Crippen LogP contribution < -0.4 is 10.1 Å². The molecule has 1 unspecified atom stereocenters. The van der Waals surface area contributed by atoms with Crippen molar-refractivity contribution >= 4 is 31.6 Å². The largest absolute Gasteiger partial charge is 0.495 e. The van der Waals surface area contributed by atoms with Crippen molar-refractivity contribution in [2.24, 2.45) is 5.92 Å². The lowest BCUT2D eigenvalue weighted by atomic mass is 9.98. The second-order valence-electron chi connectivity index (χ2n) is 8.61. The van der Waals surface area contributed by atoms with Crippen LogP contribution in [0.1, 0.15) is 24.0 Å². The molecule has 1 heterocycles. The zero-order chi connectivity index (χ0) is 25.3. The zero-order valence-electron chi connectivity index (χ0n) is 20.0. The van der Waals surface area contributed by atoms with Gasteiger partial charge in [-0.1, -0.05) is 12.1 Å². The average Bonchev–Trinajstić information content (AvgIpc) is 2.80. The number of nitrogens with one attached hydrogen (secondary N) is 1. The smallest absolute Gasteiger partial charge is 0.246 e. The molecule has 0 spiro atoms. The number of benzene rings is 2. The lowest BCUT2D eigenvalue weighted by Gasteiger charge is -2.31. The predicted molar refractivity (Wildman–Crippen MR) is 130 cm³/mol. The molecular weight excluding hydrogens is 478 g/mol. The van der Waals surface area contributed by atoms with Crippen LogP contribution >= 0.6 is 0 Å². The van der Waals surface area contributed by atoms with E-state index in [1.54, 1.807) is 38.1 Å². The summed E-state index contributed by atoms with van der Waals surface area (Å²) in [5.41, 5.74) is 1.87. The second kappa shape index (κ2) is 10.0. The summed E-state index contributed by atoms with van der Waals surface area (Å²) in [7, 11) is -3.23. The molecule has 9 nitrogen and oxygen atoms in total. The van der Waals surface area contributed by atoms with Gasteiger partial charge >= 0.3 is 0 Å². The van der Waals surface area contributed by atoms with Gasteiger partial charge in [-0.15, -0.1) is 0 Å². The van der Waals surface area contributed by atoms with Crippen molar-refractivity contribution in [1.82, 2.24) is 8.61 Å². The van der Waals surface area contributed by atoms with Crippen molar-refractivity contribution in [3.05, 3.63) is 47.5 Å². The standard InChI is InChI=1S/C23H31N3O6S2/c1-16-8-11-21(32-5)22(13-16)34(30,31)26-12-6-7-18(15-26)23(27)24-20-14-19(10-9-17(20)2)33(28,29)25(3)4/h8-11,13-14,18H,6-7,12,15H2,1-5H3,(H,24,27). The molecule has 1 fully saturated rings. The van der Waals surface area contributed by atoms with Crippen LogP contribution in [0.25, 0.3) is 0 Å². The number of carbonyl (C=O) groups excluding carboxylic acids is 1. The number of carbonyl (C=O) groups is 1. The number of methoxy groups -OCH3 is 1. The number of amides is 1. The van der Waals surface area contributed by atoms with Crippen molar-refractivity contribution < 1.29 is 26.4 Å². The van der Waals surface area contributed by atoms with Gasteiger partial charge in [0, 0.05) is 32.9 Å². The highest BCUT2D eigenvalue weighted by atomic mass is 32.2. The molecule has 1 saturated heterocycles. The molecule has 3 rings (SSSR count). The van der Waals surface area contributed by atoms with E-state index in [9.17, 15) is 21.6 Å². The molecule has 2 aromatic carbocycles. The van der Waals surface area contributed by atoms with Crippen LogP contribution in [0, 0.1) is 19.8 Å². The number of sulfonamides is 2. The summed E-state index contributed by atoms with van der Waals surface area (Å²) in [6.45, 7) is 3.90. The van der Waals surface area contributed by atoms with Gasteiger partial charge in [0.1, 0.15) is 10.6 Å². The number of hydrogen-bond donors (Lipinski definition) is 1. The Hall–Kier alpha value is -2.47. The minimum atomic E-state index is -3.87. The number of nitrogens with zero attached hydrogens (tertiary/aromatic N) is 2. The molecule has 186 valence electrons. The van der Waals surface area contributed by atoms with E-state index in [1.807, 2.05) is 0 Å². The maximum Gasteiger partial charge on any atom is 0.246 e. The van der Waals surface area contributed by atoms with E-state index in [0.717, 1.165) is 9.87 Å². The number of piperidine rings is 1. The van der Waals surface area contributed by atoms with E-state index in [4.69, 9.17) is 4.74 Å². The summed E-state index contributed by atoms with van der Waals surface area (Å²) in [5, 5.41) is 2.81. The highest BCUT2D eigenvalue weighted by molar-refractivity contribution is 7.89. The Morgan fingerprint density at radius 2 is 1.79 bits per heavy atom. The second-order valence-corrected chi connectivity index (χ2v) is 12.7. The third-order valence-electron chi connectivity index (χ3n) is 5.94. The maximum atomic E-state index is 13.4.